The smallest absolute Gasteiger partial charge is 0.339 e. The first kappa shape index (κ1) is 5.56. The Morgan fingerprint density at radius 1 is 1.75 bits per heavy atom. The van der Waals surface area contributed by atoms with Gasteiger partial charge in [-0.3, -0.25) is 0 Å². The minimum atomic E-state index is -0.914. The van der Waals surface area contributed by atoms with Crippen LogP contribution in [-0.2, 0) is 9.53 Å². The summed E-state index contributed by atoms with van der Waals surface area (Å²) in [6, 6.07) is 0. The summed E-state index contributed by atoms with van der Waals surface area (Å²) in [7, 11) is 0. The number of carbonyl (C=O) groups is 1. The fourth-order valence-corrected chi connectivity index (χ4v) is 0.669. The second kappa shape index (κ2) is 2.13. The van der Waals surface area contributed by atoms with Crippen molar-refractivity contribution in [3.63, 3.8) is 0 Å². The van der Waals surface area contributed by atoms with Crippen molar-refractivity contribution >= 4 is 5.97 Å². The number of ether oxygens (including phenoxy) is 1. The maximum atomic E-state index is 10.0. The average molecular weight is 115 g/mol. The van der Waals surface area contributed by atoms with Crippen LogP contribution in [0.4, 0.5) is 0 Å². The van der Waals surface area contributed by atoms with E-state index < -0.39 is 5.97 Å². The first-order chi connectivity index (χ1) is 3.80. The maximum Gasteiger partial charge on any atom is 0.339 e. The predicted octanol–water partition coefficient (Wildman–Crippen LogP) is 0.413. The van der Waals surface area contributed by atoms with E-state index in [0.29, 0.717) is 13.0 Å². The van der Waals surface area contributed by atoms with Gasteiger partial charge < -0.3 is 9.84 Å². The molecule has 0 aromatic heterocycles. The number of carboxylic acid groups (broad SMARTS) is 1. The van der Waals surface area contributed by atoms with Crippen LogP contribution in [0.25, 0.3) is 0 Å². The normalized spacial score (nSPS) is 21.5. The Morgan fingerprint density at radius 3 is 2.75 bits per heavy atom. The van der Waals surface area contributed by atoms with Gasteiger partial charge in [0.15, 0.2) is 0 Å². The van der Waals surface area contributed by atoms with E-state index in [2.05, 4.69) is 0 Å². The van der Waals surface area contributed by atoms with Gasteiger partial charge in [0.05, 0.1) is 0 Å². The first-order valence-electron chi connectivity index (χ1n) is 2.52. The molecule has 45 valence electrons. The van der Waals surface area contributed by atoms with Crippen LogP contribution in [0.1, 0.15) is 12.8 Å². The second-order valence-corrected chi connectivity index (χ2v) is 1.68. The summed E-state index contributed by atoms with van der Waals surface area (Å²) in [5.74, 6) is -0.914. The first-order valence-corrected chi connectivity index (χ1v) is 2.52. The van der Waals surface area contributed by atoms with E-state index in [0.717, 1.165) is 6.42 Å². The number of carboxylic acids is 1. The zero-order valence-corrected chi connectivity index (χ0v) is 4.39. The van der Waals surface area contributed by atoms with Gasteiger partial charge in [0.1, 0.15) is 0 Å². The fourth-order valence-electron chi connectivity index (χ4n) is 0.669. The summed E-state index contributed by atoms with van der Waals surface area (Å²) in [5, 5.41) is 8.25. The molecule has 0 unspecified atom stereocenters. The Balaban J connectivity index is 2.35. The van der Waals surface area contributed by atoms with Gasteiger partial charge >= 0.3 is 5.97 Å². The zero-order chi connectivity index (χ0) is 5.98. The Morgan fingerprint density at radius 2 is 2.50 bits per heavy atom. The molecule has 0 amide bonds. The van der Waals surface area contributed by atoms with Crippen LogP contribution < -0.4 is 0 Å². The van der Waals surface area contributed by atoms with Gasteiger partial charge in [0, 0.05) is 6.61 Å². The highest BCUT2D eigenvalue weighted by Crippen LogP contribution is 2.18. The van der Waals surface area contributed by atoms with E-state index in [1.165, 1.54) is 0 Å². The summed E-state index contributed by atoms with van der Waals surface area (Å²) in [4.78, 5) is 10.0. The molecular formula is C5H7O3. The number of rotatable bonds is 1. The molecule has 1 aliphatic rings. The highest BCUT2D eigenvalue weighted by atomic mass is 16.5. The number of hydrogen-bond acceptors (Lipinski definition) is 2. The lowest BCUT2D eigenvalue weighted by Gasteiger charge is -1.96. The summed E-state index contributed by atoms with van der Waals surface area (Å²) >= 11 is 0. The highest BCUT2D eigenvalue weighted by molar-refractivity contribution is 5.80. The standard InChI is InChI=1S/C5H7O3/c6-5(7)4-2-1-3-8-4/h1-3H2,(H,6,7). The van der Waals surface area contributed by atoms with Crippen molar-refractivity contribution in [3.8, 4) is 0 Å². The molecule has 0 saturated carbocycles. The Labute approximate surface area is 47.3 Å². The molecule has 1 aliphatic heterocycles. The molecular weight excluding hydrogens is 108 g/mol. The third kappa shape index (κ3) is 0.980. The van der Waals surface area contributed by atoms with Gasteiger partial charge in [-0.25, -0.2) is 4.79 Å². The minimum absolute atomic E-state index is 0.213. The third-order valence-electron chi connectivity index (χ3n) is 1.06. The van der Waals surface area contributed by atoms with Gasteiger partial charge in [0.2, 0.25) is 6.10 Å². The lowest BCUT2D eigenvalue weighted by molar-refractivity contribution is -0.140. The molecule has 0 aliphatic carbocycles. The molecule has 1 radical (unpaired) electrons. The Kier molecular flexibility index (Phi) is 1.48. The molecule has 0 aromatic carbocycles. The molecule has 1 N–H and O–H groups in total. The Hall–Kier alpha value is -0.570. The molecule has 1 heterocycles. The monoisotopic (exact) mass is 115 g/mol. The van der Waals surface area contributed by atoms with Gasteiger partial charge in [-0.15, -0.1) is 0 Å². The zero-order valence-electron chi connectivity index (χ0n) is 4.39. The van der Waals surface area contributed by atoms with E-state index in [4.69, 9.17) is 9.84 Å². The van der Waals surface area contributed by atoms with E-state index >= 15 is 0 Å². The molecule has 0 aromatic rings. The largest absolute Gasteiger partial charge is 0.479 e. The average Bonchev–Trinajstić information content (AvgIpc) is 2.12. The van der Waals surface area contributed by atoms with Crippen molar-refractivity contribution in [1.82, 2.24) is 0 Å². The van der Waals surface area contributed by atoms with E-state index in [1.54, 1.807) is 0 Å². The van der Waals surface area contributed by atoms with Crippen LogP contribution in [0, 0.1) is 6.10 Å². The fraction of sp³-hybridized carbons (Fsp3) is 0.600. The van der Waals surface area contributed by atoms with Crippen LogP contribution >= 0.6 is 0 Å². The summed E-state index contributed by atoms with van der Waals surface area (Å²) in [6.07, 6.45) is 1.65. The molecule has 0 atom stereocenters. The van der Waals surface area contributed by atoms with Crippen LogP contribution in [-0.4, -0.2) is 17.7 Å². The molecule has 3 nitrogen and oxygen atoms in total. The second-order valence-electron chi connectivity index (χ2n) is 1.68. The molecule has 0 spiro atoms. The molecule has 1 saturated heterocycles. The van der Waals surface area contributed by atoms with Gasteiger partial charge in [0.25, 0.3) is 0 Å². The van der Waals surface area contributed by atoms with Crippen LogP contribution in [0.2, 0.25) is 0 Å². The summed E-state index contributed by atoms with van der Waals surface area (Å²) < 4.78 is 4.73. The third-order valence-corrected chi connectivity index (χ3v) is 1.06. The SMILES string of the molecule is O=C(O)[C]1CCCO1. The van der Waals surface area contributed by atoms with Gasteiger partial charge in [-0.2, -0.15) is 0 Å². The topological polar surface area (TPSA) is 46.5 Å². The molecule has 1 rings (SSSR count). The van der Waals surface area contributed by atoms with Crippen molar-refractivity contribution in [2.75, 3.05) is 6.61 Å². The molecule has 8 heavy (non-hydrogen) atoms. The predicted molar refractivity (Wildman–Crippen MR) is 26.1 cm³/mol. The number of aliphatic carboxylic acids is 1. The number of hydrogen-bond donors (Lipinski definition) is 1. The minimum Gasteiger partial charge on any atom is -0.479 e. The van der Waals surface area contributed by atoms with Crippen molar-refractivity contribution in [2.45, 2.75) is 12.8 Å². The van der Waals surface area contributed by atoms with E-state index in [1.807, 2.05) is 0 Å². The van der Waals surface area contributed by atoms with E-state index in [-0.39, 0.29) is 6.10 Å². The molecule has 1 fully saturated rings. The van der Waals surface area contributed by atoms with Crippen molar-refractivity contribution in [1.29, 1.82) is 0 Å². The van der Waals surface area contributed by atoms with Crippen LogP contribution in [0.15, 0.2) is 0 Å². The van der Waals surface area contributed by atoms with Gasteiger partial charge in [-0.05, 0) is 12.8 Å². The molecule has 3 heteroatoms. The van der Waals surface area contributed by atoms with Crippen molar-refractivity contribution in [3.05, 3.63) is 6.10 Å². The van der Waals surface area contributed by atoms with Crippen LogP contribution in [0.3, 0.4) is 0 Å². The van der Waals surface area contributed by atoms with E-state index in [9.17, 15) is 4.79 Å². The maximum absolute atomic E-state index is 10.0. The lowest BCUT2D eigenvalue weighted by atomic mass is 10.2. The van der Waals surface area contributed by atoms with Crippen molar-refractivity contribution < 1.29 is 14.6 Å². The van der Waals surface area contributed by atoms with Crippen molar-refractivity contribution in [2.24, 2.45) is 0 Å². The molecule has 0 bridgehead atoms. The Bertz CT molecular complexity index is 93.8. The van der Waals surface area contributed by atoms with Gasteiger partial charge in [-0.1, -0.05) is 0 Å². The highest BCUT2D eigenvalue weighted by Gasteiger charge is 2.23. The summed E-state index contributed by atoms with van der Waals surface area (Å²) in [6.45, 7) is 0.571. The summed E-state index contributed by atoms with van der Waals surface area (Å²) in [5.41, 5.74) is 0. The van der Waals surface area contributed by atoms with Crippen LogP contribution in [0.5, 0.6) is 0 Å². The quantitative estimate of drug-likeness (QED) is 0.538. The lowest BCUT2D eigenvalue weighted by Crippen LogP contribution is -2.08.